The Kier molecular flexibility index (Phi) is 4.50. The molecule has 0 aliphatic carbocycles. The molecule has 8 nitrogen and oxygen atoms in total. The summed E-state index contributed by atoms with van der Waals surface area (Å²) in [4.78, 5) is 20.4. The molecule has 0 heterocycles. The number of halogens is 2. The highest BCUT2D eigenvalue weighted by Gasteiger charge is 2.33. The fraction of sp³-hybridized carbons (Fsp3) is 0.200. The van der Waals surface area contributed by atoms with Crippen molar-refractivity contribution < 1.29 is 33.4 Å². The number of nitro groups is 1. The van der Waals surface area contributed by atoms with Crippen LogP contribution in [0.4, 0.5) is 14.5 Å². The SMILES string of the molecule is N#Cc1ccc(OC(F)F)c([N+](=O)[O-])c1C(O)C(=O)O. The molecule has 10 heteroatoms. The zero-order chi connectivity index (χ0) is 15.4. The largest absolute Gasteiger partial charge is 0.479 e. The number of carbonyl (C=O) groups is 1. The number of hydrogen-bond acceptors (Lipinski definition) is 6. The lowest BCUT2D eigenvalue weighted by Crippen LogP contribution is -2.15. The average molecular weight is 288 g/mol. The molecule has 20 heavy (non-hydrogen) atoms. The molecule has 1 atom stereocenters. The molecule has 0 fully saturated rings. The third-order valence-corrected chi connectivity index (χ3v) is 2.21. The molecule has 0 radical (unpaired) electrons. The number of aliphatic hydroxyl groups is 1. The van der Waals surface area contributed by atoms with Gasteiger partial charge in [0.05, 0.1) is 22.1 Å². The number of carboxylic acid groups (broad SMARTS) is 1. The third kappa shape index (κ3) is 2.96. The van der Waals surface area contributed by atoms with Crippen LogP contribution in [-0.2, 0) is 4.79 Å². The average Bonchev–Trinajstić information content (AvgIpc) is 2.35. The second-order valence-corrected chi connectivity index (χ2v) is 3.36. The highest BCUT2D eigenvalue weighted by atomic mass is 19.3. The quantitative estimate of drug-likeness (QED) is 0.613. The van der Waals surface area contributed by atoms with Gasteiger partial charge in [-0.15, -0.1) is 0 Å². The highest BCUT2D eigenvalue weighted by Crippen LogP contribution is 2.37. The van der Waals surface area contributed by atoms with Crippen molar-refractivity contribution in [2.45, 2.75) is 12.7 Å². The van der Waals surface area contributed by atoms with E-state index in [4.69, 9.17) is 10.4 Å². The number of aliphatic carboxylic acids is 1. The zero-order valence-corrected chi connectivity index (χ0v) is 9.49. The lowest BCUT2D eigenvalue weighted by Gasteiger charge is -2.12. The van der Waals surface area contributed by atoms with Crippen LogP contribution in [0.15, 0.2) is 12.1 Å². The van der Waals surface area contributed by atoms with Crippen LogP contribution in [0, 0.1) is 21.4 Å². The minimum Gasteiger partial charge on any atom is -0.479 e. The first-order valence-corrected chi connectivity index (χ1v) is 4.86. The topological polar surface area (TPSA) is 134 Å². The molecule has 0 aliphatic heterocycles. The fourth-order valence-electron chi connectivity index (χ4n) is 1.47. The number of alkyl halides is 2. The molecule has 106 valence electrons. The summed E-state index contributed by atoms with van der Waals surface area (Å²) in [6, 6.07) is 3.00. The van der Waals surface area contributed by atoms with Gasteiger partial charge in [0.2, 0.25) is 5.75 Å². The Morgan fingerprint density at radius 3 is 2.50 bits per heavy atom. The van der Waals surface area contributed by atoms with Gasteiger partial charge in [-0.1, -0.05) is 0 Å². The fourth-order valence-corrected chi connectivity index (χ4v) is 1.47. The maximum absolute atomic E-state index is 12.1. The summed E-state index contributed by atoms with van der Waals surface area (Å²) in [5.41, 5.74) is -2.64. The van der Waals surface area contributed by atoms with Gasteiger partial charge in [0.1, 0.15) is 0 Å². The van der Waals surface area contributed by atoms with Crippen LogP contribution < -0.4 is 4.74 Å². The molecule has 0 saturated heterocycles. The van der Waals surface area contributed by atoms with E-state index < -0.39 is 46.2 Å². The van der Waals surface area contributed by atoms with Gasteiger partial charge in [-0.3, -0.25) is 10.1 Å². The van der Waals surface area contributed by atoms with E-state index in [2.05, 4.69) is 4.74 Å². The molecular weight excluding hydrogens is 282 g/mol. The zero-order valence-electron chi connectivity index (χ0n) is 9.49. The summed E-state index contributed by atoms with van der Waals surface area (Å²) in [7, 11) is 0. The number of benzene rings is 1. The van der Waals surface area contributed by atoms with Gasteiger partial charge in [0.15, 0.2) is 6.10 Å². The number of ether oxygens (including phenoxy) is 1. The molecule has 0 spiro atoms. The molecule has 2 N–H and O–H groups in total. The maximum atomic E-state index is 12.1. The summed E-state index contributed by atoms with van der Waals surface area (Å²) in [6.45, 7) is -3.39. The van der Waals surface area contributed by atoms with E-state index in [0.717, 1.165) is 12.1 Å². The minimum atomic E-state index is -3.39. The monoisotopic (exact) mass is 288 g/mol. The van der Waals surface area contributed by atoms with Gasteiger partial charge in [-0.2, -0.15) is 14.0 Å². The van der Waals surface area contributed by atoms with Gasteiger partial charge in [-0.05, 0) is 12.1 Å². The normalized spacial score (nSPS) is 11.8. The summed E-state index contributed by atoms with van der Waals surface area (Å²) >= 11 is 0. The summed E-state index contributed by atoms with van der Waals surface area (Å²) in [6.07, 6.45) is -2.42. The molecular formula is C10H6F2N2O6. The summed E-state index contributed by atoms with van der Waals surface area (Å²) in [5.74, 6) is -2.82. The van der Waals surface area contributed by atoms with Crippen LogP contribution in [0.25, 0.3) is 0 Å². The first-order chi connectivity index (χ1) is 9.29. The molecule has 1 aromatic carbocycles. The van der Waals surface area contributed by atoms with Crippen molar-refractivity contribution in [1.29, 1.82) is 5.26 Å². The Balaban J connectivity index is 3.62. The lowest BCUT2D eigenvalue weighted by atomic mass is 10.00. The first kappa shape index (κ1) is 15.3. The Hall–Kier alpha value is -2.80. The van der Waals surface area contributed by atoms with Crippen LogP contribution in [0.2, 0.25) is 0 Å². The Morgan fingerprint density at radius 2 is 2.10 bits per heavy atom. The highest BCUT2D eigenvalue weighted by molar-refractivity contribution is 5.78. The standard InChI is InChI=1S/C10H6F2N2O6/c11-10(12)20-5-2-1-4(3-13)6(7(5)14(18)19)8(15)9(16)17/h1-2,8,10,15H,(H,16,17). The number of hydrogen-bond donors (Lipinski definition) is 2. The van der Waals surface area contributed by atoms with Crippen LogP contribution >= 0.6 is 0 Å². The van der Waals surface area contributed by atoms with Gasteiger partial charge in [-0.25, -0.2) is 4.79 Å². The molecule has 1 rings (SSSR count). The second-order valence-electron chi connectivity index (χ2n) is 3.36. The molecule has 1 unspecified atom stereocenters. The van der Waals surface area contributed by atoms with E-state index in [1.54, 1.807) is 0 Å². The number of rotatable bonds is 5. The van der Waals surface area contributed by atoms with Gasteiger partial charge in [0.25, 0.3) is 0 Å². The molecule has 0 amide bonds. The van der Waals surface area contributed by atoms with Crippen molar-refractivity contribution in [1.82, 2.24) is 0 Å². The molecule has 0 bridgehead atoms. The van der Waals surface area contributed by atoms with Crippen molar-refractivity contribution >= 4 is 11.7 Å². The number of carboxylic acids is 1. The third-order valence-electron chi connectivity index (χ3n) is 2.21. The summed E-state index contributed by atoms with van der Waals surface area (Å²) in [5, 5.41) is 37.7. The molecule has 0 aliphatic rings. The van der Waals surface area contributed by atoms with Crippen LogP contribution in [0.1, 0.15) is 17.2 Å². The molecule has 0 aromatic heterocycles. The van der Waals surface area contributed by atoms with Crippen molar-refractivity contribution in [2.24, 2.45) is 0 Å². The van der Waals surface area contributed by atoms with Crippen molar-refractivity contribution in [3.05, 3.63) is 33.4 Å². The number of nitriles is 1. The predicted molar refractivity (Wildman–Crippen MR) is 57.0 cm³/mol. The van der Waals surface area contributed by atoms with Crippen LogP contribution in [-0.4, -0.2) is 27.7 Å². The van der Waals surface area contributed by atoms with Gasteiger partial charge in [0, 0.05) is 0 Å². The first-order valence-electron chi connectivity index (χ1n) is 4.86. The Morgan fingerprint density at radius 1 is 1.50 bits per heavy atom. The van der Waals surface area contributed by atoms with Crippen LogP contribution in [0.3, 0.4) is 0 Å². The van der Waals surface area contributed by atoms with E-state index in [9.17, 15) is 28.8 Å². The van der Waals surface area contributed by atoms with E-state index in [0.29, 0.717) is 0 Å². The number of nitro benzene ring substituents is 1. The van der Waals surface area contributed by atoms with Gasteiger partial charge < -0.3 is 14.9 Å². The van der Waals surface area contributed by atoms with Crippen molar-refractivity contribution in [3.8, 4) is 11.8 Å². The minimum absolute atomic E-state index is 0.534. The van der Waals surface area contributed by atoms with Crippen molar-refractivity contribution in [3.63, 3.8) is 0 Å². The Bertz CT molecular complexity index is 598. The second kappa shape index (κ2) is 5.89. The molecule has 1 aromatic rings. The van der Waals surface area contributed by atoms with Crippen LogP contribution in [0.5, 0.6) is 5.75 Å². The van der Waals surface area contributed by atoms with E-state index >= 15 is 0 Å². The van der Waals surface area contributed by atoms with Gasteiger partial charge >= 0.3 is 18.3 Å². The Labute approximate surface area is 109 Å². The predicted octanol–water partition coefficient (Wildman–Crippen LogP) is 1.19. The van der Waals surface area contributed by atoms with E-state index in [-0.39, 0.29) is 0 Å². The number of aliphatic hydroxyl groups excluding tert-OH is 1. The summed E-state index contributed by atoms with van der Waals surface area (Å²) < 4.78 is 28.2. The maximum Gasteiger partial charge on any atom is 0.387 e. The van der Waals surface area contributed by atoms with E-state index in [1.165, 1.54) is 6.07 Å². The molecule has 0 saturated carbocycles. The number of nitrogens with zero attached hydrogens (tertiary/aromatic N) is 2. The van der Waals surface area contributed by atoms with E-state index in [1.807, 2.05) is 0 Å². The van der Waals surface area contributed by atoms with Crippen molar-refractivity contribution in [2.75, 3.05) is 0 Å². The smallest absolute Gasteiger partial charge is 0.387 e. The lowest BCUT2D eigenvalue weighted by molar-refractivity contribution is -0.387.